The fourth-order valence-electron chi connectivity index (χ4n) is 2.24. The summed E-state index contributed by atoms with van der Waals surface area (Å²) in [4.78, 5) is 2.17. The van der Waals surface area contributed by atoms with Crippen LogP contribution in [-0.4, -0.2) is 20.1 Å². The third kappa shape index (κ3) is 2.56. The number of hydrogen-bond donors (Lipinski definition) is 1. The van der Waals surface area contributed by atoms with E-state index in [0.29, 0.717) is 11.5 Å². The van der Waals surface area contributed by atoms with Crippen LogP contribution < -0.4 is 10.2 Å². The van der Waals surface area contributed by atoms with Crippen LogP contribution in [0.4, 0.5) is 11.4 Å². The van der Waals surface area contributed by atoms with E-state index < -0.39 is 0 Å². The molecule has 0 bridgehead atoms. The summed E-state index contributed by atoms with van der Waals surface area (Å²) < 4.78 is 0. The second-order valence-electron chi connectivity index (χ2n) is 5.92. The molecule has 94 valence electrons. The van der Waals surface area contributed by atoms with E-state index in [-0.39, 0.29) is 0 Å². The average molecular weight is 232 g/mol. The zero-order valence-corrected chi connectivity index (χ0v) is 11.7. The van der Waals surface area contributed by atoms with Crippen molar-refractivity contribution in [2.24, 2.45) is 5.41 Å². The normalized spacial score (nSPS) is 18.6. The Balaban J connectivity index is 2.13. The summed E-state index contributed by atoms with van der Waals surface area (Å²) in [7, 11) is 4.19. The molecule has 2 rings (SSSR count). The number of nitrogens with one attached hydrogen (secondary N) is 1. The number of rotatable bonds is 4. The molecule has 0 aliphatic heterocycles. The molecule has 1 fully saturated rings. The topological polar surface area (TPSA) is 15.3 Å². The van der Waals surface area contributed by atoms with E-state index in [4.69, 9.17) is 0 Å². The zero-order valence-electron chi connectivity index (χ0n) is 11.7. The van der Waals surface area contributed by atoms with Crippen molar-refractivity contribution >= 4 is 11.4 Å². The highest BCUT2D eigenvalue weighted by Crippen LogP contribution is 2.48. The van der Waals surface area contributed by atoms with Crippen molar-refractivity contribution in [3.05, 3.63) is 23.8 Å². The van der Waals surface area contributed by atoms with Gasteiger partial charge in [-0.1, -0.05) is 13.0 Å². The molecule has 0 aromatic heterocycles. The fraction of sp³-hybridized carbons (Fsp3) is 0.600. The SMILES string of the molecule is Cc1ccc(NC(C)C2(C)CC2)cc1N(C)C. The predicted octanol–water partition coefficient (Wildman–Crippen LogP) is 3.66. The highest BCUT2D eigenvalue weighted by Gasteiger charge is 2.42. The summed E-state index contributed by atoms with van der Waals surface area (Å²) in [6.45, 7) is 6.82. The Bertz CT molecular complexity index is 405. The molecule has 1 atom stereocenters. The van der Waals surface area contributed by atoms with E-state index >= 15 is 0 Å². The van der Waals surface area contributed by atoms with E-state index in [1.165, 1.54) is 29.8 Å². The Labute approximate surface area is 105 Å². The third-order valence-electron chi connectivity index (χ3n) is 4.16. The molecule has 2 nitrogen and oxygen atoms in total. The smallest absolute Gasteiger partial charge is 0.0411 e. The van der Waals surface area contributed by atoms with Crippen molar-refractivity contribution in [1.29, 1.82) is 0 Å². The van der Waals surface area contributed by atoms with E-state index in [1.54, 1.807) is 0 Å². The minimum absolute atomic E-state index is 0.517. The first kappa shape index (κ1) is 12.3. The van der Waals surface area contributed by atoms with Gasteiger partial charge < -0.3 is 10.2 Å². The van der Waals surface area contributed by atoms with Crippen molar-refractivity contribution in [2.75, 3.05) is 24.3 Å². The summed E-state index contributed by atoms with van der Waals surface area (Å²) in [6.07, 6.45) is 2.71. The first-order valence-corrected chi connectivity index (χ1v) is 6.47. The lowest BCUT2D eigenvalue weighted by Gasteiger charge is -2.23. The van der Waals surface area contributed by atoms with Crippen LogP contribution in [0.5, 0.6) is 0 Å². The largest absolute Gasteiger partial charge is 0.382 e. The second kappa shape index (κ2) is 4.25. The maximum atomic E-state index is 3.64. The first-order valence-electron chi connectivity index (χ1n) is 6.47. The van der Waals surface area contributed by atoms with E-state index in [1.807, 2.05) is 0 Å². The van der Waals surface area contributed by atoms with Crippen LogP contribution in [0.1, 0.15) is 32.3 Å². The van der Waals surface area contributed by atoms with Gasteiger partial charge in [-0.2, -0.15) is 0 Å². The quantitative estimate of drug-likeness (QED) is 0.852. The van der Waals surface area contributed by atoms with Gasteiger partial charge in [-0.05, 0) is 49.8 Å². The summed E-state index contributed by atoms with van der Waals surface area (Å²) in [6, 6.07) is 7.18. The van der Waals surface area contributed by atoms with Gasteiger partial charge in [0.15, 0.2) is 0 Å². The number of hydrogen-bond acceptors (Lipinski definition) is 2. The third-order valence-corrected chi connectivity index (χ3v) is 4.16. The van der Waals surface area contributed by atoms with E-state index in [0.717, 1.165) is 0 Å². The Morgan fingerprint density at radius 1 is 1.29 bits per heavy atom. The number of nitrogens with zero attached hydrogens (tertiary/aromatic N) is 1. The van der Waals surface area contributed by atoms with Gasteiger partial charge in [0.05, 0.1) is 0 Å². The van der Waals surface area contributed by atoms with Crippen molar-refractivity contribution in [3.8, 4) is 0 Å². The number of aryl methyl sites for hydroxylation is 1. The van der Waals surface area contributed by atoms with Gasteiger partial charge in [0.2, 0.25) is 0 Å². The van der Waals surface area contributed by atoms with Crippen LogP contribution in [0.2, 0.25) is 0 Å². The summed E-state index contributed by atoms with van der Waals surface area (Å²) in [5.41, 5.74) is 4.37. The average Bonchev–Trinajstić information content (AvgIpc) is 3.00. The predicted molar refractivity (Wildman–Crippen MR) is 75.9 cm³/mol. The molecule has 17 heavy (non-hydrogen) atoms. The molecule has 2 heteroatoms. The molecule has 1 N–H and O–H groups in total. The Morgan fingerprint density at radius 3 is 2.47 bits per heavy atom. The number of benzene rings is 1. The molecule has 1 aromatic rings. The Hall–Kier alpha value is -1.18. The van der Waals surface area contributed by atoms with Gasteiger partial charge in [-0.25, -0.2) is 0 Å². The maximum absolute atomic E-state index is 3.64. The molecule has 0 heterocycles. The molecule has 0 radical (unpaired) electrons. The highest BCUT2D eigenvalue weighted by atomic mass is 15.1. The first-order chi connectivity index (χ1) is 7.92. The van der Waals surface area contributed by atoms with Crippen molar-refractivity contribution in [3.63, 3.8) is 0 Å². The molecule has 0 saturated heterocycles. The lowest BCUT2D eigenvalue weighted by atomic mass is 10.0. The van der Waals surface area contributed by atoms with E-state index in [9.17, 15) is 0 Å². The molecule has 0 spiro atoms. The lowest BCUT2D eigenvalue weighted by Crippen LogP contribution is -2.25. The fourth-order valence-corrected chi connectivity index (χ4v) is 2.24. The molecule has 1 saturated carbocycles. The molecular weight excluding hydrogens is 208 g/mol. The highest BCUT2D eigenvalue weighted by molar-refractivity contribution is 5.62. The van der Waals surface area contributed by atoms with Crippen LogP contribution in [0.25, 0.3) is 0 Å². The van der Waals surface area contributed by atoms with Crippen molar-refractivity contribution < 1.29 is 0 Å². The van der Waals surface area contributed by atoms with Gasteiger partial charge in [0.1, 0.15) is 0 Å². The van der Waals surface area contributed by atoms with Gasteiger partial charge in [0.25, 0.3) is 0 Å². The van der Waals surface area contributed by atoms with Crippen LogP contribution in [0.15, 0.2) is 18.2 Å². The molecular formula is C15H24N2. The van der Waals surface area contributed by atoms with E-state index in [2.05, 4.69) is 63.3 Å². The Kier molecular flexibility index (Phi) is 3.07. The molecule has 1 aliphatic rings. The van der Waals surface area contributed by atoms with Crippen LogP contribution in [0.3, 0.4) is 0 Å². The number of anilines is 2. The Morgan fingerprint density at radius 2 is 1.94 bits per heavy atom. The molecule has 0 amide bonds. The second-order valence-corrected chi connectivity index (χ2v) is 5.92. The van der Waals surface area contributed by atoms with Crippen molar-refractivity contribution in [2.45, 2.75) is 39.7 Å². The van der Waals surface area contributed by atoms with Gasteiger partial charge in [-0.3, -0.25) is 0 Å². The molecule has 1 aromatic carbocycles. The van der Waals surface area contributed by atoms with Crippen molar-refractivity contribution in [1.82, 2.24) is 0 Å². The maximum Gasteiger partial charge on any atom is 0.0411 e. The minimum Gasteiger partial charge on any atom is -0.382 e. The monoisotopic (exact) mass is 232 g/mol. The van der Waals surface area contributed by atoms with Gasteiger partial charge >= 0.3 is 0 Å². The van der Waals surface area contributed by atoms with Gasteiger partial charge in [0, 0.05) is 31.5 Å². The lowest BCUT2D eigenvalue weighted by molar-refractivity contribution is 0.493. The zero-order chi connectivity index (χ0) is 12.6. The van der Waals surface area contributed by atoms with Crippen LogP contribution in [0, 0.1) is 12.3 Å². The molecule has 1 unspecified atom stereocenters. The molecule has 1 aliphatic carbocycles. The van der Waals surface area contributed by atoms with Crippen LogP contribution >= 0.6 is 0 Å². The summed E-state index contributed by atoms with van der Waals surface area (Å²) in [5.74, 6) is 0. The van der Waals surface area contributed by atoms with Crippen LogP contribution in [-0.2, 0) is 0 Å². The minimum atomic E-state index is 0.517. The standard InChI is InChI=1S/C15H24N2/c1-11-6-7-13(10-14(11)17(4)5)16-12(2)15(3)8-9-15/h6-7,10,12,16H,8-9H2,1-5H3. The summed E-state index contributed by atoms with van der Waals surface area (Å²) in [5, 5.41) is 3.64. The van der Waals surface area contributed by atoms with Gasteiger partial charge in [-0.15, -0.1) is 0 Å². The summed E-state index contributed by atoms with van der Waals surface area (Å²) >= 11 is 0.